The van der Waals surface area contributed by atoms with Crippen molar-refractivity contribution in [2.24, 2.45) is 0 Å². The van der Waals surface area contributed by atoms with Gasteiger partial charge in [0.2, 0.25) is 5.91 Å². The van der Waals surface area contributed by atoms with Gasteiger partial charge in [-0.3, -0.25) is 4.79 Å². The summed E-state index contributed by atoms with van der Waals surface area (Å²) in [6, 6.07) is 11.3. The molecule has 1 aliphatic heterocycles. The number of likely N-dealkylation sites (N-methyl/N-ethyl adjacent to an activating group) is 1. The van der Waals surface area contributed by atoms with Crippen molar-refractivity contribution in [3.8, 4) is 17.2 Å². The lowest BCUT2D eigenvalue weighted by Gasteiger charge is -2.24. The van der Waals surface area contributed by atoms with E-state index in [2.05, 4.69) is 10.1 Å². The fourth-order valence-electron chi connectivity index (χ4n) is 3.17. The second-order valence-corrected chi connectivity index (χ2v) is 7.32. The second kappa shape index (κ2) is 8.59. The molecule has 1 aromatic heterocycles. The van der Waals surface area contributed by atoms with Crippen LogP contribution in [-0.2, 0) is 4.79 Å². The van der Waals surface area contributed by atoms with Crippen molar-refractivity contribution in [1.82, 2.24) is 19.7 Å². The second-order valence-electron chi connectivity index (χ2n) is 6.92. The summed E-state index contributed by atoms with van der Waals surface area (Å²) in [5.74, 6) is 1.02. The Labute approximate surface area is 179 Å². The van der Waals surface area contributed by atoms with E-state index in [1.54, 1.807) is 35.1 Å². The van der Waals surface area contributed by atoms with Gasteiger partial charge in [0, 0.05) is 13.1 Å². The molecular formula is C22H21ClN4O3. The number of carbonyl (C=O) groups is 1. The van der Waals surface area contributed by atoms with Gasteiger partial charge < -0.3 is 14.4 Å². The Morgan fingerprint density at radius 2 is 2.00 bits per heavy atom. The topological polar surface area (TPSA) is 69.5 Å². The normalized spacial score (nSPS) is 14.0. The summed E-state index contributed by atoms with van der Waals surface area (Å²) in [6.07, 6.45) is 6.39. The monoisotopic (exact) mass is 424 g/mol. The molecule has 1 amide bonds. The molecule has 0 radical (unpaired) electrons. The van der Waals surface area contributed by atoms with E-state index in [1.165, 1.54) is 12.4 Å². The Morgan fingerprint density at radius 1 is 1.23 bits per heavy atom. The fourth-order valence-corrected chi connectivity index (χ4v) is 3.45. The van der Waals surface area contributed by atoms with Gasteiger partial charge >= 0.3 is 0 Å². The summed E-state index contributed by atoms with van der Waals surface area (Å²) in [6.45, 7) is 2.94. The highest BCUT2D eigenvalue weighted by molar-refractivity contribution is 6.32. The van der Waals surface area contributed by atoms with Gasteiger partial charge in [-0.05, 0) is 48.4 Å². The first-order valence-corrected chi connectivity index (χ1v) is 9.89. The minimum atomic E-state index is -0.117. The van der Waals surface area contributed by atoms with E-state index in [1.807, 2.05) is 37.3 Å². The minimum absolute atomic E-state index is 0.101. The molecular weight excluding hydrogens is 404 g/mol. The van der Waals surface area contributed by atoms with Crippen molar-refractivity contribution < 1.29 is 14.3 Å². The smallest absolute Gasteiger partial charge is 0.246 e. The first-order chi connectivity index (χ1) is 14.5. The standard InChI is InChI=1S/C22H21ClN4O3/c1-15(17-4-6-18(7-5-17)27-14-24-13-25-27)26(2)21(28)8-3-16-11-19(23)22-20(12-16)29-9-10-30-22/h3-8,11-15H,9-10H2,1-2H3/b8-3+. The van der Waals surface area contributed by atoms with Crippen LogP contribution in [0.4, 0.5) is 0 Å². The number of ether oxygens (including phenoxy) is 2. The molecule has 2 aromatic carbocycles. The van der Waals surface area contributed by atoms with Crippen LogP contribution in [0.5, 0.6) is 11.5 Å². The van der Waals surface area contributed by atoms with Crippen LogP contribution >= 0.6 is 11.6 Å². The van der Waals surface area contributed by atoms with Crippen LogP contribution in [0.25, 0.3) is 11.8 Å². The zero-order valence-electron chi connectivity index (χ0n) is 16.7. The van der Waals surface area contributed by atoms with Gasteiger partial charge in [-0.1, -0.05) is 23.7 Å². The molecule has 0 fully saturated rings. The highest BCUT2D eigenvalue weighted by Gasteiger charge is 2.18. The van der Waals surface area contributed by atoms with E-state index in [4.69, 9.17) is 21.1 Å². The van der Waals surface area contributed by atoms with Crippen LogP contribution in [0, 0.1) is 0 Å². The van der Waals surface area contributed by atoms with E-state index in [0.717, 1.165) is 16.8 Å². The number of halogens is 1. The van der Waals surface area contributed by atoms with Gasteiger partial charge in [0.25, 0.3) is 0 Å². The van der Waals surface area contributed by atoms with Crippen molar-refractivity contribution in [1.29, 1.82) is 0 Å². The molecule has 8 heteroatoms. The molecule has 0 saturated heterocycles. The Hall–Kier alpha value is -3.32. The van der Waals surface area contributed by atoms with Crippen molar-refractivity contribution in [2.45, 2.75) is 13.0 Å². The van der Waals surface area contributed by atoms with Gasteiger partial charge in [-0.2, -0.15) is 5.10 Å². The van der Waals surface area contributed by atoms with Crippen LogP contribution in [0.15, 0.2) is 55.1 Å². The number of hydrogen-bond donors (Lipinski definition) is 0. The lowest BCUT2D eigenvalue weighted by Crippen LogP contribution is -2.28. The SMILES string of the molecule is CC(c1ccc(-n2cncn2)cc1)N(C)C(=O)/C=C/c1cc(Cl)c2c(c1)OCCO2. The van der Waals surface area contributed by atoms with Gasteiger partial charge in [-0.15, -0.1) is 0 Å². The first-order valence-electron chi connectivity index (χ1n) is 9.52. The van der Waals surface area contributed by atoms with E-state index < -0.39 is 0 Å². The van der Waals surface area contributed by atoms with Gasteiger partial charge in [0.1, 0.15) is 25.9 Å². The molecule has 1 aliphatic rings. The minimum Gasteiger partial charge on any atom is -0.486 e. The predicted molar refractivity (Wildman–Crippen MR) is 114 cm³/mol. The molecule has 7 nitrogen and oxygen atoms in total. The predicted octanol–water partition coefficient (Wildman–Crippen LogP) is 3.92. The zero-order chi connectivity index (χ0) is 21.1. The number of benzene rings is 2. The number of carbonyl (C=O) groups excluding carboxylic acids is 1. The summed E-state index contributed by atoms with van der Waals surface area (Å²) >= 11 is 6.26. The number of hydrogen-bond acceptors (Lipinski definition) is 5. The van der Waals surface area contributed by atoms with E-state index in [0.29, 0.717) is 29.7 Å². The number of fused-ring (bicyclic) bond motifs is 1. The molecule has 30 heavy (non-hydrogen) atoms. The number of aromatic nitrogens is 3. The van der Waals surface area contributed by atoms with Crippen LogP contribution < -0.4 is 9.47 Å². The Bertz CT molecular complexity index is 1060. The summed E-state index contributed by atoms with van der Waals surface area (Å²) < 4.78 is 12.8. The van der Waals surface area contributed by atoms with Crippen LogP contribution in [0.1, 0.15) is 24.1 Å². The van der Waals surface area contributed by atoms with Crippen molar-refractivity contribution in [2.75, 3.05) is 20.3 Å². The van der Waals surface area contributed by atoms with Crippen molar-refractivity contribution >= 4 is 23.6 Å². The molecule has 154 valence electrons. The Balaban J connectivity index is 1.45. The van der Waals surface area contributed by atoms with E-state index in [9.17, 15) is 4.79 Å². The highest BCUT2D eigenvalue weighted by atomic mass is 35.5. The molecule has 1 unspecified atom stereocenters. The summed E-state index contributed by atoms with van der Waals surface area (Å²) in [5.41, 5.74) is 2.70. The lowest BCUT2D eigenvalue weighted by molar-refractivity contribution is -0.126. The van der Waals surface area contributed by atoms with Gasteiger partial charge in [0.05, 0.1) is 16.8 Å². The molecule has 4 rings (SSSR count). The highest BCUT2D eigenvalue weighted by Crippen LogP contribution is 2.38. The third kappa shape index (κ3) is 4.16. The zero-order valence-corrected chi connectivity index (χ0v) is 17.4. The number of amides is 1. The summed E-state index contributed by atoms with van der Waals surface area (Å²) in [7, 11) is 1.78. The maximum Gasteiger partial charge on any atom is 0.246 e. The van der Waals surface area contributed by atoms with Gasteiger partial charge in [-0.25, -0.2) is 9.67 Å². The Kier molecular flexibility index (Phi) is 5.72. The molecule has 2 heterocycles. The third-order valence-corrected chi connectivity index (χ3v) is 5.31. The average molecular weight is 425 g/mol. The van der Waals surface area contributed by atoms with Crippen molar-refractivity contribution in [3.63, 3.8) is 0 Å². The molecule has 1 atom stereocenters. The van der Waals surface area contributed by atoms with Gasteiger partial charge in [0.15, 0.2) is 11.5 Å². The quantitative estimate of drug-likeness (QED) is 0.580. The average Bonchev–Trinajstić information content (AvgIpc) is 3.31. The number of rotatable bonds is 5. The summed E-state index contributed by atoms with van der Waals surface area (Å²) in [5, 5.41) is 4.58. The van der Waals surface area contributed by atoms with E-state index >= 15 is 0 Å². The largest absolute Gasteiger partial charge is 0.486 e. The van der Waals surface area contributed by atoms with Crippen LogP contribution in [0.3, 0.4) is 0 Å². The molecule has 3 aromatic rings. The molecule has 0 bridgehead atoms. The maximum absolute atomic E-state index is 12.7. The molecule has 0 spiro atoms. The number of nitrogens with zero attached hydrogens (tertiary/aromatic N) is 4. The van der Waals surface area contributed by atoms with Crippen molar-refractivity contribution in [3.05, 3.63) is 71.3 Å². The maximum atomic E-state index is 12.7. The van der Waals surface area contributed by atoms with E-state index in [-0.39, 0.29) is 11.9 Å². The fraction of sp³-hybridized carbons (Fsp3) is 0.227. The molecule has 0 N–H and O–H groups in total. The third-order valence-electron chi connectivity index (χ3n) is 5.02. The first kappa shape index (κ1) is 20.0. The Morgan fingerprint density at radius 3 is 2.73 bits per heavy atom. The summed E-state index contributed by atoms with van der Waals surface area (Å²) in [4.78, 5) is 18.3. The van der Waals surface area contributed by atoms with Crippen LogP contribution in [-0.4, -0.2) is 45.8 Å². The lowest BCUT2D eigenvalue weighted by atomic mass is 10.1. The molecule has 0 saturated carbocycles. The van der Waals surface area contributed by atoms with Crippen LogP contribution in [0.2, 0.25) is 5.02 Å². The molecule has 0 aliphatic carbocycles.